The number of ether oxygens (including phenoxy) is 1. The number of carbonyl (C=O) groups is 2. The Hall–Kier alpha value is -2.60. The van der Waals surface area contributed by atoms with Gasteiger partial charge >= 0.3 is 12.0 Å². The van der Waals surface area contributed by atoms with Crippen LogP contribution in [-0.2, 0) is 11.2 Å². The Morgan fingerprint density at radius 1 is 1.31 bits per heavy atom. The minimum atomic E-state index is -0.557. The number of hydrogen-bond donors (Lipinski definition) is 1. The highest BCUT2D eigenvalue weighted by atomic mass is 35.5. The monoisotopic (exact) mass is 375 g/mol. The lowest BCUT2D eigenvalue weighted by molar-refractivity contribution is 0.0601. The molecule has 1 N–H and O–H groups in total. The van der Waals surface area contributed by atoms with E-state index in [0.717, 1.165) is 11.3 Å². The highest BCUT2D eigenvalue weighted by molar-refractivity contribution is 6.33. The molecule has 1 atom stereocenters. The van der Waals surface area contributed by atoms with Crippen molar-refractivity contribution in [2.24, 2.45) is 0 Å². The van der Waals surface area contributed by atoms with Gasteiger partial charge in [-0.3, -0.25) is 4.98 Å². The van der Waals surface area contributed by atoms with E-state index in [2.05, 4.69) is 15.0 Å². The third-order valence-corrected chi connectivity index (χ3v) is 4.41. The van der Waals surface area contributed by atoms with Crippen LogP contribution >= 0.6 is 11.6 Å². The zero-order chi connectivity index (χ0) is 19.3. The molecule has 1 unspecified atom stereocenters. The number of nitrogens with zero attached hydrogens (tertiary/aromatic N) is 2. The molecule has 0 radical (unpaired) electrons. The van der Waals surface area contributed by atoms with Crippen molar-refractivity contribution in [1.29, 1.82) is 0 Å². The Morgan fingerprint density at radius 2 is 2.04 bits per heavy atom. The molecule has 0 spiro atoms. The van der Waals surface area contributed by atoms with Gasteiger partial charge in [0, 0.05) is 37.1 Å². The topological polar surface area (TPSA) is 71.5 Å². The lowest BCUT2D eigenvalue weighted by Gasteiger charge is -2.25. The molecule has 2 rings (SSSR count). The number of aromatic nitrogens is 1. The minimum absolute atomic E-state index is 0.0586. The zero-order valence-corrected chi connectivity index (χ0v) is 16.0. The van der Waals surface area contributed by atoms with Crippen molar-refractivity contribution in [2.45, 2.75) is 26.3 Å². The second kappa shape index (κ2) is 8.67. The van der Waals surface area contributed by atoms with Crippen LogP contribution in [0, 0.1) is 6.92 Å². The number of nitrogens with one attached hydrogen (secondary N) is 1. The molecule has 0 saturated carbocycles. The molecule has 2 aromatic rings. The summed E-state index contributed by atoms with van der Waals surface area (Å²) in [6.45, 7) is 3.96. The summed E-state index contributed by atoms with van der Waals surface area (Å²) in [6.07, 6.45) is 2.40. The number of aryl methyl sites for hydroxylation is 1. The van der Waals surface area contributed by atoms with Crippen LogP contribution in [0.5, 0.6) is 0 Å². The van der Waals surface area contributed by atoms with Gasteiger partial charge in [-0.25, -0.2) is 9.59 Å². The van der Waals surface area contributed by atoms with Crippen molar-refractivity contribution in [2.75, 3.05) is 19.5 Å². The van der Waals surface area contributed by atoms with Crippen molar-refractivity contribution in [1.82, 2.24) is 9.88 Å². The molecule has 0 aliphatic carbocycles. The number of pyridine rings is 1. The number of rotatable bonds is 5. The lowest BCUT2D eigenvalue weighted by Crippen LogP contribution is -2.39. The molecule has 1 aromatic heterocycles. The van der Waals surface area contributed by atoms with E-state index in [-0.39, 0.29) is 22.7 Å². The van der Waals surface area contributed by atoms with Gasteiger partial charge in [-0.2, -0.15) is 0 Å². The number of benzene rings is 1. The Morgan fingerprint density at radius 3 is 2.69 bits per heavy atom. The van der Waals surface area contributed by atoms with Crippen LogP contribution < -0.4 is 5.32 Å². The fraction of sp³-hybridized carbons (Fsp3) is 0.316. The summed E-state index contributed by atoms with van der Waals surface area (Å²) in [5.41, 5.74) is 2.72. The molecule has 26 heavy (non-hydrogen) atoms. The first-order valence-corrected chi connectivity index (χ1v) is 8.52. The van der Waals surface area contributed by atoms with E-state index in [0.29, 0.717) is 12.1 Å². The van der Waals surface area contributed by atoms with Gasteiger partial charge < -0.3 is 15.0 Å². The Labute approximate surface area is 158 Å². The van der Waals surface area contributed by atoms with E-state index < -0.39 is 5.97 Å². The second-order valence-corrected chi connectivity index (χ2v) is 6.51. The number of halogens is 1. The summed E-state index contributed by atoms with van der Waals surface area (Å²) in [7, 11) is 2.99. The molecular formula is C19H22ClN3O3. The minimum Gasteiger partial charge on any atom is -0.465 e. The van der Waals surface area contributed by atoms with Crippen LogP contribution in [-0.4, -0.2) is 42.1 Å². The summed E-state index contributed by atoms with van der Waals surface area (Å²) >= 11 is 5.99. The quantitative estimate of drug-likeness (QED) is 0.804. The molecule has 1 heterocycles. The smallest absolute Gasteiger partial charge is 0.339 e. The van der Waals surface area contributed by atoms with Crippen LogP contribution in [0.2, 0.25) is 5.02 Å². The molecule has 0 bridgehead atoms. The number of likely N-dealkylation sites (N-methyl/N-ethyl adjacent to an activating group) is 1. The summed E-state index contributed by atoms with van der Waals surface area (Å²) in [6, 6.07) is 8.26. The number of amides is 2. The molecular weight excluding hydrogens is 354 g/mol. The average Bonchev–Trinajstić information content (AvgIpc) is 2.61. The maximum absolute atomic E-state index is 12.5. The number of urea groups is 1. The van der Waals surface area contributed by atoms with E-state index in [9.17, 15) is 9.59 Å². The number of esters is 1. The van der Waals surface area contributed by atoms with Crippen molar-refractivity contribution in [3.63, 3.8) is 0 Å². The van der Waals surface area contributed by atoms with E-state index in [1.165, 1.54) is 13.2 Å². The predicted molar refractivity (Wildman–Crippen MR) is 102 cm³/mol. The van der Waals surface area contributed by atoms with Gasteiger partial charge in [0.15, 0.2) is 0 Å². The van der Waals surface area contributed by atoms with Gasteiger partial charge in [-0.15, -0.1) is 0 Å². The summed E-state index contributed by atoms with van der Waals surface area (Å²) in [4.78, 5) is 30.1. The molecule has 6 nitrogen and oxygen atoms in total. The first-order valence-electron chi connectivity index (χ1n) is 8.15. The second-order valence-electron chi connectivity index (χ2n) is 6.10. The molecule has 1 aromatic carbocycles. The highest BCUT2D eigenvalue weighted by Gasteiger charge is 2.18. The van der Waals surface area contributed by atoms with Crippen LogP contribution in [0.1, 0.15) is 28.5 Å². The van der Waals surface area contributed by atoms with E-state index in [1.54, 1.807) is 30.3 Å². The van der Waals surface area contributed by atoms with Gasteiger partial charge in [0.05, 0.1) is 17.7 Å². The molecule has 2 amide bonds. The summed E-state index contributed by atoms with van der Waals surface area (Å²) in [5, 5.41) is 3.03. The molecule has 138 valence electrons. The molecule has 0 aliphatic rings. The van der Waals surface area contributed by atoms with Crippen LogP contribution in [0.3, 0.4) is 0 Å². The van der Waals surface area contributed by atoms with E-state index in [4.69, 9.17) is 11.6 Å². The predicted octanol–water partition coefficient (Wildman–Crippen LogP) is 3.92. The van der Waals surface area contributed by atoms with Crippen LogP contribution in [0.15, 0.2) is 36.5 Å². The van der Waals surface area contributed by atoms with Crippen molar-refractivity contribution in [3.8, 4) is 0 Å². The Bertz CT molecular complexity index is 810. The van der Waals surface area contributed by atoms with Gasteiger partial charge in [0.25, 0.3) is 0 Å². The van der Waals surface area contributed by atoms with Crippen molar-refractivity contribution >= 4 is 29.3 Å². The molecule has 0 aliphatic heterocycles. The lowest BCUT2D eigenvalue weighted by atomic mass is 10.1. The molecule has 0 fully saturated rings. The average molecular weight is 376 g/mol. The number of carbonyl (C=O) groups excluding carboxylic acids is 2. The summed E-state index contributed by atoms with van der Waals surface area (Å²) < 4.78 is 4.69. The third kappa shape index (κ3) is 4.95. The SMILES string of the molecule is COC(=O)c1cc(NC(=O)N(C)C(C)Cc2cc(C)ccn2)ccc1Cl. The van der Waals surface area contributed by atoms with Crippen molar-refractivity contribution in [3.05, 3.63) is 58.4 Å². The van der Waals surface area contributed by atoms with Gasteiger partial charge in [0.2, 0.25) is 0 Å². The largest absolute Gasteiger partial charge is 0.465 e. The van der Waals surface area contributed by atoms with Gasteiger partial charge in [-0.05, 0) is 49.7 Å². The van der Waals surface area contributed by atoms with Crippen LogP contribution in [0.25, 0.3) is 0 Å². The number of anilines is 1. The van der Waals surface area contributed by atoms with Crippen molar-refractivity contribution < 1.29 is 14.3 Å². The van der Waals surface area contributed by atoms with Crippen LogP contribution in [0.4, 0.5) is 10.5 Å². The fourth-order valence-electron chi connectivity index (χ4n) is 2.43. The number of methoxy groups -OCH3 is 1. The van der Waals surface area contributed by atoms with Gasteiger partial charge in [0.1, 0.15) is 0 Å². The highest BCUT2D eigenvalue weighted by Crippen LogP contribution is 2.22. The maximum Gasteiger partial charge on any atom is 0.339 e. The molecule has 0 saturated heterocycles. The maximum atomic E-state index is 12.5. The van der Waals surface area contributed by atoms with Gasteiger partial charge in [-0.1, -0.05) is 11.6 Å². The normalized spacial score (nSPS) is 11.6. The fourth-order valence-corrected chi connectivity index (χ4v) is 2.63. The first-order chi connectivity index (χ1) is 12.3. The van der Waals surface area contributed by atoms with E-state index in [1.807, 2.05) is 26.0 Å². The molecule has 7 heteroatoms. The Balaban J connectivity index is 2.05. The first kappa shape index (κ1) is 19.7. The number of hydrogen-bond acceptors (Lipinski definition) is 4. The third-order valence-electron chi connectivity index (χ3n) is 4.08. The zero-order valence-electron chi connectivity index (χ0n) is 15.2. The van der Waals surface area contributed by atoms with E-state index >= 15 is 0 Å². The standard InChI is InChI=1S/C19H22ClN3O3/c1-12-7-8-21-15(9-12)10-13(2)23(3)19(25)22-14-5-6-17(20)16(11-14)18(24)26-4/h5-9,11,13H,10H2,1-4H3,(H,22,25). The summed E-state index contributed by atoms with van der Waals surface area (Å²) in [5.74, 6) is -0.557. The Kier molecular flexibility index (Phi) is 6.58.